The van der Waals surface area contributed by atoms with Crippen LogP contribution >= 0.6 is 11.6 Å². The van der Waals surface area contributed by atoms with Crippen molar-refractivity contribution in [1.82, 2.24) is 4.98 Å². The Morgan fingerprint density at radius 1 is 1.58 bits per heavy atom. The molecule has 0 atom stereocenters. The van der Waals surface area contributed by atoms with Crippen molar-refractivity contribution in [2.75, 3.05) is 5.73 Å². The van der Waals surface area contributed by atoms with Crippen molar-refractivity contribution >= 4 is 17.4 Å². The molecule has 1 rings (SSSR count). The predicted molar refractivity (Wildman–Crippen MR) is 43.4 cm³/mol. The van der Waals surface area contributed by atoms with Gasteiger partial charge in [0, 0.05) is 0 Å². The van der Waals surface area contributed by atoms with E-state index in [4.69, 9.17) is 17.3 Å². The molecular weight excluding hydrogens is 186 g/mol. The first-order valence-corrected chi connectivity index (χ1v) is 3.61. The van der Waals surface area contributed by atoms with Gasteiger partial charge in [0.1, 0.15) is 11.5 Å². The number of aryl methyl sites for hydroxylation is 1. The molecule has 0 spiro atoms. The fourth-order valence-corrected chi connectivity index (χ4v) is 0.916. The molecule has 66 valence electrons. The highest BCUT2D eigenvalue weighted by atomic mass is 35.5. The molecule has 0 radical (unpaired) electrons. The summed E-state index contributed by atoms with van der Waals surface area (Å²) in [4.78, 5) is 3.43. The quantitative estimate of drug-likeness (QED) is 0.743. The minimum Gasteiger partial charge on any atom is -0.382 e. The van der Waals surface area contributed by atoms with E-state index in [2.05, 4.69) is 4.98 Å². The second kappa shape index (κ2) is 3.23. The van der Waals surface area contributed by atoms with Crippen LogP contribution in [0, 0.1) is 6.92 Å². The Labute approximate surface area is 73.4 Å². The summed E-state index contributed by atoms with van der Waals surface area (Å²) in [7, 11) is 0. The third-order valence-electron chi connectivity index (χ3n) is 1.41. The van der Waals surface area contributed by atoms with Gasteiger partial charge in [-0.3, -0.25) is 0 Å². The van der Waals surface area contributed by atoms with E-state index < -0.39 is 6.43 Å². The Bertz CT molecular complexity index is 278. The highest BCUT2D eigenvalue weighted by Gasteiger charge is 2.12. The van der Waals surface area contributed by atoms with Gasteiger partial charge in [-0.05, 0) is 18.6 Å². The lowest BCUT2D eigenvalue weighted by Crippen LogP contribution is -1.98. The lowest BCUT2D eigenvalue weighted by atomic mass is 10.2. The molecule has 0 aliphatic rings. The Morgan fingerprint density at radius 2 is 2.17 bits per heavy atom. The number of hydrogen-bond acceptors (Lipinski definition) is 2. The van der Waals surface area contributed by atoms with Crippen molar-refractivity contribution < 1.29 is 8.78 Å². The maximum atomic E-state index is 12.1. The average molecular weight is 193 g/mol. The van der Waals surface area contributed by atoms with Gasteiger partial charge in [0.2, 0.25) is 0 Å². The van der Waals surface area contributed by atoms with E-state index in [0.717, 1.165) is 0 Å². The van der Waals surface area contributed by atoms with Gasteiger partial charge >= 0.3 is 0 Å². The van der Waals surface area contributed by atoms with Crippen molar-refractivity contribution in [2.24, 2.45) is 0 Å². The van der Waals surface area contributed by atoms with Crippen molar-refractivity contribution in [3.05, 3.63) is 22.3 Å². The molecule has 0 aromatic carbocycles. The van der Waals surface area contributed by atoms with Crippen LogP contribution in [-0.2, 0) is 0 Å². The van der Waals surface area contributed by atoms with E-state index in [0.29, 0.717) is 5.56 Å². The molecule has 0 saturated heterocycles. The molecule has 0 aliphatic carbocycles. The molecule has 0 fully saturated rings. The number of hydrogen-bond donors (Lipinski definition) is 1. The minimum absolute atomic E-state index is 0.0491. The van der Waals surface area contributed by atoms with Crippen molar-refractivity contribution in [3.8, 4) is 0 Å². The first-order chi connectivity index (χ1) is 5.52. The highest BCUT2D eigenvalue weighted by Crippen LogP contribution is 2.26. The number of nitrogens with zero attached hydrogens (tertiary/aromatic N) is 1. The average Bonchev–Trinajstić information content (AvgIpc) is 1.99. The molecular formula is C7H7ClF2N2. The Morgan fingerprint density at radius 3 is 2.58 bits per heavy atom. The number of aromatic nitrogens is 1. The SMILES string of the molecule is Cc1cc(C(F)F)nc(N)c1Cl. The van der Waals surface area contributed by atoms with Crippen LogP contribution in [0.25, 0.3) is 0 Å². The summed E-state index contributed by atoms with van der Waals surface area (Å²) in [6.07, 6.45) is -2.61. The van der Waals surface area contributed by atoms with Crippen LogP contribution < -0.4 is 5.73 Å². The first kappa shape index (κ1) is 9.19. The van der Waals surface area contributed by atoms with E-state index in [1.54, 1.807) is 6.92 Å². The molecule has 1 heterocycles. The number of nitrogens with two attached hydrogens (primary N) is 1. The minimum atomic E-state index is -2.61. The zero-order chi connectivity index (χ0) is 9.30. The monoisotopic (exact) mass is 192 g/mol. The lowest BCUT2D eigenvalue weighted by molar-refractivity contribution is 0.146. The van der Waals surface area contributed by atoms with E-state index in [9.17, 15) is 8.78 Å². The second-order valence-corrected chi connectivity index (χ2v) is 2.74. The van der Waals surface area contributed by atoms with E-state index in [-0.39, 0.29) is 16.5 Å². The molecule has 0 aliphatic heterocycles. The molecule has 5 heteroatoms. The zero-order valence-corrected chi connectivity index (χ0v) is 7.07. The fraction of sp³-hybridized carbons (Fsp3) is 0.286. The van der Waals surface area contributed by atoms with Crippen LogP contribution in [0.3, 0.4) is 0 Å². The van der Waals surface area contributed by atoms with Crippen molar-refractivity contribution in [3.63, 3.8) is 0 Å². The molecule has 1 aromatic rings. The van der Waals surface area contributed by atoms with Gasteiger partial charge in [-0.15, -0.1) is 0 Å². The van der Waals surface area contributed by atoms with E-state index in [1.807, 2.05) is 0 Å². The van der Waals surface area contributed by atoms with Crippen LogP contribution in [0.5, 0.6) is 0 Å². The lowest BCUT2D eigenvalue weighted by Gasteiger charge is -2.04. The summed E-state index contributed by atoms with van der Waals surface area (Å²) in [6, 6.07) is 1.23. The van der Waals surface area contributed by atoms with Gasteiger partial charge in [-0.2, -0.15) is 0 Å². The van der Waals surface area contributed by atoms with E-state index >= 15 is 0 Å². The number of alkyl halides is 2. The number of halogens is 3. The van der Waals surface area contributed by atoms with Gasteiger partial charge in [0.15, 0.2) is 0 Å². The summed E-state index contributed by atoms with van der Waals surface area (Å²) in [5.41, 5.74) is 5.46. The summed E-state index contributed by atoms with van der Waals surface area (Å²) in [5.74, 6) is -0.0491. The predicted octanol–water partition coefficient (Wildman–Crippen LogP) is 2.56. The van der Waals surface area contributed by atoms with Crippen molar-refractivity contribution in [2.45, 2.75) is 13.3 Å². The second-order valence-electron chi connectivity index (χ2n) is 2.36. The molecule has 0 unspecified atom stereocenters. The number of rotatable bonds is 1. The topological polar surface area (TPSA) is 38.9 Å². The molecule has 0 bridgehead atoms. The highest BCUT2D eigenvalue weighted by molar-refractivity contribution is 6.33. The van der Waals surface area contributed by atoms with Gasteiger partial charge in [0.25, 0.3) is 6.43 Å². The van der Waals surface area contributed by atoms with Gasteiger partial charge in [-0.1, -0.05) is 11.6 Å². The Kier molecular flexibility index (Phi) is 2.47. The summed E-state index contributed by atoms with van der Waals surface area (Å²) in [5, 5.41) is 0.236. The molecule has 1 aromatic heterocycles. The molecule has 2 nitrogen and oxygen atoms in total. The standard InChI is InChI=1S/C7H7ClF2N2/c1-3-2-4(6(9)10)12-7(11)5(3)8/h2,6H,1H3,(H2,11,12). The number of anilines is 1. The van der Waals surface area contributed by atoms with Crippen LogP contribution in [0.15, 0.2) is 6.07 Å². The summed E-state index contributed by atoms with van der Waals surface area (Å²) in [6.45, 7) is 1.60. The smallest absolute Gasteiger partial charge is 0.280 e. The third kappa shape index (κ3) is 1.64. The largest absolute Gasteiger partial charge is 0.382 e. The van der Waals surface area contributed by atoms with Gasteiger partial charge in [-0.25, -0.2) is 13.8 Å². The zero-order valence-electron chi connectivity index (χ0n) is 6.31. The number of nitrogen functional groups attached to an aromatic ring is 1. The molecule has 12 heavy (non-hydrogen) atoms. The van der Waals surface area contributed by atoms with E-state index in [1.165, 1.54) is 6.07 Å². The molecule has 2 N–H and O–H groups in total. The number of pyridine rings is 1. The summed E-state index contributed by atoms with van der Waals surface area (Å²) >= 11 is 5.62. The van der Waals surface area contributed by atoms with Crippen LogP contribution in [0.2, 0.25) is 5.02 Å². The third-order valence-corrected chi connectivity index (χ3v) is 1.90. The van der Waals surface area contributed by atoms with Crippen LogP contribution in [-0.4, -0.2) is 4.98 Å². The van der Waals surface area contributed by atoms with Gasteiger partial charge < -0.3 is 5.73 Å². The maximum Gasteiger partial charge on any atom is 0.280 e. The fourth-order valence-electron chi connectivity index (χ4n) is 0.819. The van der Waals surface area contributed by atoms with Crippen molar-refractivity contribution in [1.29, 1.82) is 0 Å². The molecule has 0 saturated carbocycles. The molecule has 0 amide bonds. The normalized spacial score (nSPS) is 10.8. The summed E-state index contributed by atoms with van der Waals surface area (Å²) < 4.78 is 24.2. The maximum absolute atomic E-state index is 12.1. The van der Waals surface area contributed by atoms with Crippen LogP contribution in [0.1, 0.15) is 17.7 Å². The van der Waals surface area contributed by atoms with Crippen LogP contribution in [0.4, 0.5) is 14.6 Å². The Hall–Kier alpha value is -0.900. The van der Waals surface area contributed by atoms with Gasteiger partial charge in [0.05, 0.1) is 5.02 Å². The Balaban J connectivity index is 3.21. The first-order valence-electron chi connectivity index (χ1n) is 3.23.